The number of aromatic nitrogens is 2. The summed E-state index contributed by atoms with van der Waals surface area (Å²) in [5, 5.41) is 10.2. The van der Waals surface area contributed by atoms with Crippen molar-refractivity contribution in [1.29, 1.82) is 0 Å². The highest BCUT2D eigenvalue weighted by Crippen LogP contribution is 2.22. The number of methoxy groups -OCH3 is 1. The minimum atomic E-state index is -0.821. The molecule has 3 aromatic rings. The molecule has 8 nitrogen and oxygen atoms in total. The number of halogens is 1. The molecule has 29 heavy (non-hydrogen) atoms. The maximum absolute atomic E-state index is 13.0. The Morgan fingerprint density at radius 3 is 2.66 bits per heavy atom. The van der Waals surface area contributed by atoms with Gasteiger partial charge in [-0.25, -0.2) is 4.39 Å². The van der Waals surface area contributed by atoms with Crippen molar-refractivity contribution in [3.05, 3.63) is 65.8 Å². The lowest BCUT2D eigenvalue weighted by Gasteiger charge is -2.10. The van der Waals surface area contributed by atoms with Gasteiger partial charge in [0.25, 0.3) is 11.8 Å². The zero-order valence-corrected chi connectivity index (χ0v) is 15.7. The molecule has 3 rings (SSSR count). The number of nitrogens with one attached hydrogen (secondary N) is 1. The Kier molecular flexibility index (Phi) is 6.18. The molecule has 0 aliphatic carbocycles. The van der Waals surface area contributed by atoms with Crippen LogP contribution >= 0.6 is 0 Å². The van der Waals surface area contributed by atoms with Gasteiger partial charge in [0.2, 0.25) is 5.89 Å². The Morgan fingerprint density at radius 1 is 1.17 bits per heavy atom. The van der Waals surface area contributed by atoms with Crippen molar-refractivity contribution in [2.75, 3.05) is 13.7 Å². The van der Waals surface area contributed by atoms with Crippen molar-refractivity contribution < 1.29 is 27.9 Å². The van der Waals surface area contributed by atoms with E-state index in [0.29, 0.717) is 16.9 Å². The van der Waals surface area contributed by atoms with Crippen LogP contribution in [0.5, 0.6) is 5.75 Å². The van der Waals surface area contributed by atoms with Gasteiger partial charge in [0.1, 0.15) is 18.1 Å². The van der Waals surface area contributed by atoms with E-state index in [1.54, 1.807) is 31.2 Å². The standard InChI is InChI=1S/C20H18FN3O5/c1-12(19-23-24-20(29-19)13-6-8-15(21)9-7-13)28-17(25)11-22-18(26)14-4-3-5-16(10-14)27-2/h3-10,12H,11H2,1-2H3,(H,22,26)/t12-/m0/s1. The van der Waals surface area contributed by atoms with E-state index in [1.165, 1.54) is 31.4 Å². The first-order chi connectivity index (χ1) is 14.0. The highest BCUT2D eigenvalue weighted by molar-refractivity contribution is 5.96. The van der Waals surface area contributed by atoms with E-state index in [9.17, 15) is 14.0 Å². The molecule has 1 atom stereocenters. The van der Waals surface area contributed by atoms with Crippen LogP contribution in [0, 0.1) is 5.82 Å². The Hall–Kier alpha value is -3.75. The average molecular weight is 399 g/mol. The van der Waals surface area contributed by atoms with Gasteiger partial charge in [-0.3, -0.25) is 9.59 Å². The maximum Gasteiger partial charge on any atom is 0.326 e. The number of esters is 1. The third kappa shape index (κ3) is 5.16. The Labute approximate surface area is 165 Å². The fourth-order valence-electron chi connectivity index (χ4n) is 2.42. The zero-order chi connectivity index (χ0) is 20.8. The van der Waals surface area contributed by atoms with Crippen molar-refractivity contribution in [3.63, 3.8) is 0 Å². The molecule has 0 radical (unpaired) electrons. The third-order valence-electron chi connectivity index (χ3n) is 3.91. The van der Waals surface area contributed by atoms with Crippen LogP contribution in [0.3, 0.4) is 0 Å². The molecule has 1 aromatic heterocycles. The van der Waals surface area contributed by atoms with Crippen LogP contribution < -0.4 is 10.1 Å². The minimum absolute atomic E-state index is 0.0804. The molecule has 0 aliphatic rings. The van der Waals surface area contributed by atoms with Gasteiger partial charge in [-0.15, -0.1) is 10.2 Å². The van der Waals surface area contributed by atoms with Crippen molar-refractivity contribution in [3.8, 4) is 17.2 Å². The predicted octanol–water partition coefficient (Wildman–Crippen LogP) is 2.92. The number of benzene rings is 2. The van der Waals surface area contributed by atoms with E-state index < -0.39 is 18.0 Å². The third-order valence-corrected chi connectivity index (χ3v) is 3.91. The average Bonchev–Trinajstić information content (AvgIpc) is 3.23. The van der Waals surface area contributed by atoms with Crippen molar-refractivity contribution >= 4 is 11.9 Å². The topological polar surface area (TPSA) is 104 Å². The lowest BCUT2D eigenvalue weighted by atomic mass is 10.2. The highest BCUT2D eigenvalue weighted by Gasteiger charge is 2.19. The molecular weight excluding hydrogens is 381 g/mol. The number of carbonyl (C=O) groups is 2. The van der Waals surface area contributed by atoms with E-state index in [-0.39, 0.29) is 24.1 Å². The van der Waals surface area contributed by atoms with Gasteiger partial charge in [-0.1, -0.05) is 6.07 Å². The van der Waals surface area contributed by atoms with Crippen LogP contribution in [0.4, 0.5) is 4.39 Å². The normalized spacial score (nSPS) is 11.6. The maximum atomic E-state index is 13.0. The summed E-state index contributed by atoms with van der Waals surface area (Å²) < 4.78 is 28.7. The Bertz CT molecular complexity index is 1000. The van der Waals surface area contributed by atoms with Crippen molar-refractivity contribution in [1.82, 2.24) is 15.5 Å². The van der Waals surface area contributed by atoms with Crippen LogP contribution in [0.2, 0.25) is 0 Å². The van der Waals surface area contributed by atoms with Gasteiger partial charge in [-0.2, -0.15) is 0 Å². The number of ether oxygens (including phenoxy) is 2. The Morgan fingerprint density at radius 2 is 1.93 bits per heavy atom. The molecule has 0 bridgehead atoms. The van der Waals surface area contributed by atoms with Crippen molar-refractivity contribution in [2.24, 2.45) is 0 Å². The number of hydrogen-bond acceptors (Lipinski definition) is 7. The molecular formula is C20H18FN3O5. The predicted molar refractivity (Wildman–Crippen MR) is 99.5 cm³/mol. The summed E-state index contributed by atoms with van der Waals surface area (Å²) in [6, 6.07) is 12.1. The summed E-state index contributed by atoms with van der Waals surface area (Å²) in [5.74, 6) is -0.708. The summed E-state index contributed by atoms with van der Waals surface area (Å²) in [4.78, 5) is 24.1. The van der Waals surface area contributed by atoms with Crippen LogP contribution in [0.15, 0.2) is 52.9 Å². The quantitative estimate of drug-likeness (QED) is 0.609. The molecule has 9 heteroatoms. The van der Waals surface area contributed by atoms with Crippen LogP contribution in [0.1, 0.15) is 29.3 Å². The lowest BCUT2D eigenvalue weighted by Crippen LogP contribution is -2.31. The van der Waals surface area contributed by atoms with E-state index in [2.05, 4.69) is 15.5 Å². The molecule has 0 unspecified atom stereocenters. The second-order valence-corrected chi connectivity index (χ2v) is 6.00. The molecule has 1 N–H and O–H groups in total. The second kappa shape index (κ2) is 8.96. The number of amides is 1. The smallest absolute Gasteiger partial charge is 0.326 e. The summed E-state index contributed by atoms with van der Waals surface area (Å²) in [6.07, 6.45) is -0.821. The first-order valence-corrected chi connectivity index (χ1v) is 8.67. The lowest BCUT2D eigenvalue weighted by molar-refractivity contribution is -0.148. The molecule has 150 valence electrons. The van der Waals surface area contributed by atoms with Gasteiger partial charge in [0.05, 0.1) is 7.11 Å². The van der Waals surface area contributed by atoms with Gasteiger partial charge in [-0.05, 0) is 49.4 Å². The molecule has 0 saturated heterocycles. The number of carbonyl (C=O) groups excluding carboxylic acids is 2. The van der Waals surface area contributed by atoms with Crippen LogP contribution in [-0.4, -0.2) is 35.7 Å². The van der Waals surface area contributed by atoms with Crippen LogP contribution in [-0.2, 0) is 9.53 Å². The van der Waals surface area contributed by atoms with E-state index >= 15 is 0 Å². The Balaban J connectivity index is 1.54. The fraction of sp³-hybridized carbons (Fsp3) is 0.200. The highest BCUT2D eigenvalue weighted by atomic mass is 19.1. The summed E-state index contributed by atoms with van der Waals surface area (Å²) >= 11 is 0. The van der Waals surface area contributed by atoms with Gasteiger partial charge >= 0.3 is 5.97 Å². The molecule has 0 fully saturated rings. The van der Waals surface area contributed by atoms with Gasteiger partial charge < -0.3 is 19.2 Å². The molecule has 0 spiro atoms. The minimum Gasteiger partial charge on any atom is -0.497 e. The number of rotatable bonds is 7. The van der Waals surface area contributed by atoms with Gasteiger partial charge in [0, 0.05) is 11.1 Å². The largest absolute Gasteiger partial charge is 0.497 e. The summed E-state index contributed by atoms with van der Waals surface area (Å²) in [5.41, 5.74) is 0.889. The zero-order valence-electron chi connectivity index (χ0n) is 15.7. The number of nitrogens with zero attached hydrogens (tertiary/aromatic N) is 2. The molecule has 2 aromatic carbocycles. The number of hydrogen-bond donors (Lipinski definition) is 1. The monoisotopic (exact) mass is 399 g/mol. The SMILES string of the molecule is COc1cccc(C(=O)NCC(=O)O[C@@H](C)c2nnc(-c3ccc(F)cc3)o2)c1. The van der Waals surface area contributed by atoms with E-state index in [4.69, 9.17) is 13.9 Å². The molecule has 0 aliphatic heterocycles. The van der Waals surface area contributed by atoms with Crippen LogP contribution in [0.25, 0.3) is 11.5 Å². The van der Waals surface area contributed by atoms with E-state index in [1.807, 2.05) is 0 Å². The van der Waals surface area contributed by atoms with Crippen molar-refractivity contribution in [2.45, 2.75) is 13.0 Å². The second-order valence-electron chi connectivity index (χ2n) is 6.00. The van der Waals surface area contributed by atoms with E-state index in [0.717, 1.165) is 0 Å². The first-order valence-electron chi connectivity index (χ1n) is 8.67. The molecule has 1 amide bonds. The summed E-state index contributed by atoms with van der Waals surface area (Å²) in [6.45, 7) is 1.23. The summed E-state index contributed by atoms with van der Waals surface area (Å²) in [7, 11) is 1.49. The fourth-order valence-corrected chi connectivity index (χ4v) is 2.42. The first kappa shape index (κ1) is 20.0. The van der Waals surface area contributed by atoms with Gasteiger partial charge in [0.15, 0.2) is 6.10 Å². The molecule has 0 saturated carbocycles. The molecule has 1 heterocycles.